The van der Waals surface area contributed by atoms with Gasteiger partial charge >= 0.3 is 5.97 Å². The number of esters is 1. The van der Waals surface area contributed by atoms with E-state index < -0.39 is 11.6 Å². The minimum Gasteiger partial charge on any atom is -0.508 e. The predicted octanol–water partition coefficient (Wildman–Crippen LogP) is 2.31. The molecule has 0 aliphatic carbocycles. The number of cyclic esters (lactones) is 1. The number of pyridine rings is 2. The first-order valence-electron chi connectivity index (χ1n) is 10.7. The number of aromatic nitrogens is 2. The van der Waals surface area contributed by atoms with Crippen LogP contribution in [0.3, 0.4) is 0 Å². The second-order valence-corrected chi connectivity index (χ2v) is 8.78. The summed E-state index contributed by atoms with van der Waals surface area (Å²) in [5.74, 6) is -0.504. The fourth-order valence-corrected chi connectivity index (χ4v) is 4.70. The third-order valence-corrected chi connectivity index (χ3v) is 6.59. The SMILES string of the molecule is CC[C@@]1(O)C(=O)OCc2c1cc1n(c2=O)Cc2cc3c(CCN(C)C)c(O)ccc3nc2-1.Cl. The van der Waals surface area contributed by atoms with Gasteiger partial charge in [0.25, 0.3) is 5.56 Å². The highest BCUT2D eigenvalue weighted by molar-refractivity contribution is 5.89. The highest BCUT2D eigenvalue weighted by Gasteiger charge is 2.45. The molecule has 4 heterocycles. The number of benzene rings is 1. The zero-order valence-corrected chi connectivity index (χ0v) is 19.5. The molecule has 0 amide bonds. The molecule has 2 N–H and O–H groups in total. The number of ether oxygens (including phenoxy) is 1. The van der Waals surface area contributed by atoms with E-state index in [4.69, 9.17) is 9.72 Å². The molecule has 174 valence electrons. The fourth-order valence-electron chi connectivity index (χ4n) is 4.70. The number of halogens is 1. The van der Waals surface area contributed by atoms with E-state index in [2.05, 4.69) is 4.90 Å². The molecule has 5 rings (SSSR count). The van der Waals surface area contributed by atoms with Gasteiger partial charge in [-0.05, 0) is 51.2 Å². The van der Waals surface area contributed by atoms with E-state index in [0.29, 0.717) is 35.5 Å². The molecule has 0 unspecified atom stereocenters. The number of rotatable bonds is 4. The summed E-state index contributed by atoms with van der Waals surface area (Å²) in [7, 11) is 3.96. The topological polar surface area (TPSA) is 105 Å². The number of hydrogen-bond acceptors (Lipinski definition) is 7. The van der Waals surface area contributed by atoms with Crippen LogP contribution in [0.2, 0.25) is 0 Å². The Balaban J connectivity index is 0.00000259. The number of phenols is 1. The lowest BCUT2D eigenvalue weighted by Crippen LogP contribution is -2.44. The van der Waals surface area contributed by atoms with E-state index in [9.17, 15) is 19.8 Å². The van der Waals surface area contributed by atoms with Crippen LogP contribution in [0.4, 0.5) is 0 Å². The summed E-state index contributed by atoms with van der Waals surface area (Å²) in [6.45, 7) is 2.65. The van der Waals surface area contributed by atoms with Crippen molar-refractivity contribution < 1.29 is 19.7 Å². The maximum Gasteiger partial charge on any atom is 0.343 e. The molecule has 0 saturated carbocycles. The minimum atomic E-state index is -1.84. The first-order chi connectivity index (χ1) is 15.2. The van der Waals surface area contributed by atoms with Crippen molar-refractivity contribution >= 4 is 29.3 Å². The number of fused-ring (bicyclic) bond motifs is 5. The molecule has 2 aromatic heterocycles. The van der Waals surface area contributed by atoms with Crippen LogP contribution in [0.1, 0.15) is 35.6 Å². The van der Waals surface area contributed by atoms with E-state index in [-0.39, 0.29) is 36.7 Å². The van der Waals surface area contributed by atoms with Gasteiger partial charge in [0, 0.05) is 28.6 Å². The summed E-state index contributed by atoms with van der Waals surface area (Å²) < 4.78 is 6.73. The summed E-state index contributed by atoms with van der Waals surface area (Å²) >= 11 is 0. The zero-order chi connectivity index (χ0) is 22.8. The van der Waals surface area contributed by atoms with Gasteiger partial charge in [0.05, 0.1) is 29.0 Å². The lowest BCUT2D eigenvalue weighted by Gasteiger charge is -2.31. The average Bonchev–Trinajstić information content (AvgIpc) is 3.12. The van der Waals surface area contributed by atoms with Crippen LogP contribution in [0, 0.1) is 0 Å². The molecule has 1 aromatic carbocycles. The number of nitrogens with zero attached hydrogens (tertiary/aromatic N) is 3. The van der Waals surface area contributed by atoms with Crippen LogP contribution in [-0.4, -0.2) is 51.3 Å². The Hall–Kier alpha value is -2.94. The van der Waals surface area contributed by atoms with Crippen molar-refractivity contribution in [3.63, 3.8) is 0 Å². The molecule has 0 bridgehead atoms. The highest BCUT2D eigenvalue weighted by Crippen LogP contribution is 2.39. The summed E-state index contributed by atoms with van der Waals surface area (Å²) in [6.07, 6.45) is 0.773. The van der Waals surface area contributed by atoms with Crippen molar-refractivity contribution in [1.82, 2.24) is 14.5 Å². The summed E-state index contributed by atoms with van der Waals surface area (Å²) in [6, 6.07) is 7.11. The summed E-state index contributed by atoms with van der Waals surface area (Å²) in [4.78, 5) is 32.4. The molecule has 3 aromatic rings. The Labute approximate surface area is 196 Å². The standard InChI is InChI=1S/C24H25N3O5.ClH/c1-4-24(31)17-10-19-21-13(11-27(19)22(29)16(17)12-32-23(24)30)9-15-14(7-8-26(2)3)20(28)6-5-18(15)25-21;/h5-6,9-10,28,31H,4,7-8,11-12H2,1-3H3;1H/t24-;/m0./s1. The largest absolute Gasteiger partial charge is 0.508 e. The number of phenolic OH excluding ortho intramolecular Hbond substituents is 1. The average molecular weight is 472 g/mol. The molecule has 2 aliphatic heterocycles. The maximum absolute atomic E-state index is 13.3. The van der Waals surface area contributed by atoms with Gasteiger partial charge in [0.15, 0.2) is 5.60 Å². The molecule has 1 atom stereocenters. The molecule has 0 fully saturated rings. The highest BCUT2D eigenvalue weighted by atomic mass is 35.5. The molecule has 33 heavy (non-hydrogen) atoms. The van der Waals surface area contributed by atoms with E-state index in [1.54, 1.807) is 29.7 Å². The van der Waals surface area contributed by atoms with E-state index in [0.717, 1.165) is 28.6 Å². The number of hydrogen-bond donors (Lipinski definition) is 2. The van der Waals surface area contributed by atoms with Gasteiger partial charge < -0.3 is 24.4 Å². The number of likely N-dealkylation sites (N-methyl/N-ethyl adjacent to an activating group) is 1. The van der Waals surface area contributed by atoms with Gasteiger partial charge in [-0.3, -0.25) is 4.79 Å². The van der Waals surface area contributed by atoms with Crippen molar-refractivity contribution in [2.75, 3.05) is 20.6 Å². The van der Waals surface area contributed by atoms with Crippen molar-refractivity contribution in [3.05, 3.63) is 56.9 Å². The van der Waals surface area contributed by atoms with Gasteiger partial charge in [0.1, 0.15) is 12.4 Å². The Bertz CT molecular complexity index is 1350. The molecule has 0 saturated heterocycles. The van der Waals surface area contributed by atoms with Gasteiger partial charge in [-0.25, -0.2) is 9.78 Å². The lowest BCUT2D eigenvalue weighted by atomic mass is 9.86. The van der Waals surface area contributed by atoms with Crippen LogP contribution in [-0.2, 0) is 34.7 Å². The second kappa shape index (κ2) is 8.13. The number of aliphatic hydroxyl groups is 1. The quantitative estimate of drug-likeness (QED) is 0.440. The molecular weight excluding hydrogens is 446 g/mol. The predicted molar refractivity (Wildman–Crippen MR) is 126 cm³/mol. The number of carbonyl (C=O) groups excluding carboxylic acids is 1. The van der Waals surface area contributed by atoms with Crippen LogP contribution < -0.4 is 5.56 Å². The Kier molecular flexibility index (Phi) is 5.72. The van der Waals surface area contributed by atoms with E-state index >= 15 is 0 Å². The van der Waals surface area contributed by atoms with E-state index in [1.165, 1.54) is 0 Å². The second-order valence-electron chi connectivity index (χ2n) is 8.78. The fraction of sp³-hybridized carbons (Fsp3) is 0.375. The van der Waals surface area contributed by atoms with Crippen LogP contribution >= 0.6 is 12.4 Å². The van der Waals surface area contributed by atoms with Crippen molar-refractivity contribution in [2.45, 2.75) is 38.5 Å². The van der Waals surface area contributed by atoms with E-state index in [1.807, 2.05) is 20.2 Å². The number of aromatic hydroxyl groups is 1. The maximum atomic E-state index is 13.3. The Morgan fingerprint density at radius 3 is 2.70 bits per heavy atom. The van der Waals surface area contributed by atoms with Crippen molar-refractivity contribution in [3.8, 4) is 17.1 Å². The van der Waals surface area contributed by atoms with Crippen LogP contribution in [0.15, 0.2) is 29.1 Å². The smallest absolute Gasteiger partial charge is 0.343 e. The van der Waals surface area contributed by atoms with Crippen LogP contribution in [0.5, 0.6) is 5.75 Å². The van der Waals surface area contributed by atoms with Gasteiger partial charge in [-0.1, -0.05) is 6.92 Å². The molecule has 2 aliphatic rings. The van der Waals surface area contributed by atoms with Gasteiger partial charge in [-0.15, -0.1) is 12.4 Å². The summed E-state index contributed by atoms with van der Waals surface area (Å²) in [5.41, 5.74) is 2.13. The van der Waals surface area contributed by atoms with Crippen molar-refractivity contribution in [1.29, 1.82) is 0 Å². The third kappa shape index (κ3) is 3.40. The first kappa shape index (κ1) is 23.2. The monoisotopic (exact) mass is 471 g/mol. The molecule has 8 nitrogen and oxygen atoms in total. The summed E-state index contributed by atoms with van der Waals surface area (Å²) in [5, 5.41) is 22.3. The van der Waals surface area contributed by atoms with Crippen molar-refractivity contribution in [2.24, 2.45) is 0 Å². The molecule has 9 heteroatoms. The van der Waals surface area contributed by atoms with Gasteiger partial charge in [0.2, 0.25) is 0 Å². The molecule has 0 spiro atoms. The van der Waals surface area contributed by atoms with Gasteiger partial charge in [-0.2, -0.15) is 0 Å². The normalized spacial score (nSPS) is 18.5. The molecule has 0 radical (unpaired) electrons. The minimum absolute atomic E-state index is 0. The Morgan fingerprint density at radius 1 is 1.24 bits per heavy atom. The Morgan fingerprint density at radius 2 is 2.00 bits per heavy atom. The van der Waals surface area contributed by atoms with Crippen LogP contribution in [0.25, 0.3) is 22.3 Å². The third-order valence-electron chi connectivity index (χ3n) is 6.59. The number of carbonyl (C=O) groups is 1. The zero-order valence-electron chi connectivity index (χ0n) is 18.7. The first-order valence-corrected chi connectivity index (χ1v) is 10.7. The molecular formula is C24H26ClN3O5. The lowest BCUT2D eigenvalue weighted by molar-refractivity contribution is -0.172.